The van der Waals surface area contributed by atoms with Gasteiger partial charge in [0.25, 0.3) is 0 Å². The van der Waals surface area contributed by atoms with Crippen LogP contribution in [0, 0.1) is 6.26 Å². The lowest BCUT2D eigenvalue weighted by Crippen LogP contribution is -1.93. The minimum absolute atomic E-state index is 0.700. The maximum Gasteiger partial charge on any atom is 0.00235 e. The summed E-state index contributed by atoms with van der Waals surface area (Å²) in [6, 6.07) is 10.8. The molecule has 0 aromatic heterocycles. The van der Waals surface area contributed by atoms with Gasteiger partial charge in [0, 0.05) is 6.26 Å². The highest BCUT2D eigenvalue weighted by molar-refractivity contribution is 8.00. The Balaban J connectivity index is 2.25. The molecule has 0 saturated carbocycles. The van der Waals surface area contributed by atoms with E-state index in [0.717, 1.165) is 0 Å². The van der Waals surface area contributed by atoms with E-state index in [9.17, 15) is 0 Å². The van der Waals surface area contributed by atoms with Crippen molar-refractivity contribution in [2.75, 3.05) is 5.75 Å². The molecule has 0 bridgehead atoms. The van der Waals surface area contributed by atoms with Gasteiger partial charge in [-0.15, -0.1) is 0 Å². The fourth-order valence-electron chi connectivity index (χ4n) is 1.60. The van der Waals surface area contributed by atoms with Gasteiger partial charge in [-0.1, -0.05) is 43.7 Å². The molecule has 1 aromatic carbocycles. The summed E-state index contributed by atoms with van der Waals surface area (Å²) in [5, 5.41) is 0. The van der Waals surface area contributed by atoms with Crippen LogP contribution in [0.1, 0.15) is 37.7 Å². The highest BCUT2D eigenvalue weighted by atomic mass is 32.2. The minimum Gasteiger partial charge on any atom is -0.161 e. The Labute approximate surface area is 92.1 Å². The van der Waals surface area contributed by atoms with E-state index in [1.165, 1.54) is 30.6 Å². The van der Waals surface area contributed by atoms with Crippen molar-refractivity contribution < 1.29 is 0 Å². The van der Waals surface area contributed by atoms with Crippen molar-refractivity contribution in [3.63, 3.8) is 0 Å². The Bertz CT molecular complexity index is 230. The number of hydrogen-bond donors (Lipinski definition) is 0. The van der Waals surface area contributed by atoms with E-state index in [4.69, 9.17) is 0 Å². The van der Waals surface area contributed by atoms with E-state index in [0.29, 0.717) is 5.92 Å². The zero-order chi connectivity index (χ0) is 10.2. The largest absolute Gasteiger partial charge is 0.161 e. The quantitative estimate of drug-likeness (QED) is 0.619. The normalized spacial score (nSPS) is 12.7. The molecule has 14 heavy (non-hydrogen) atoms. The molecule has 1 rings (SSSR count). The first-order valence-electron chi connectivity index (χ1n) is 5.26. The van der Waals surface area contributed by atoms with Crippen LogP contribution >= 0.6 is 11.8 Å². The Kier molecular flexibility index (Phi) is 5.77. The lowest BCUT2D eigenvalue weighted by atomic mass is 9.96. The monoisotopic (exact) mass is 207 g/mol. The molecule has 1 atom stereocenters. The molecule has 0 saturated heterocycles. The van der Waals surface area contributed by atoms with Gasteiger partial charge in [0.1, 0.15) is 0 Å². The lowest BCUT2D eigenvalue weighted by Gasteiger charge is -2.10. The van der Waals surface area contributed by atoms with Crippen LogP contribution in [-0.2, 0) is 0 Å². The first kappa shape index (κ1) is 11.6. The highest BCUT2D eigenvalue weighted by Gasteiger charge is 2.03. The second kappa shape index (κ2) is 6.94. The zero-order valence-corrected chi connectivity index (χ0v) is 9.72. The van der Waals surface area contributed by atoms with Gasteiger partial charge in [-0.3, -0.25) is 0 Å². The first-order valence-corrected chi connectivity index (χ1v) is 6.42. The van der Waals surface area contributed by atoms with E-state index in [1.807, 2.05) is 0 Å². The molecule has 1 heteroatoms. The third-order valence-electron chi connectivity index (χ3n) is 2.54. The first-order chi connectivity index (χ1) is 6.84. The molecule has 1 radical (unpaired) electrons. The Morgan fingerprint density at radius 2 is 1.93 bits per heavy atom. The fourth-order valence-corrected chi connectivity index (χ4v) is 2.01. The summed E-state index contributed by atoms with van der Waals surface area (Å²) in [7, 11) is 0. The van der Waals surface area contributed by atoms with Crippen LogP contribution in [0.4, 0.5) is 0 Å². The molecule has 1 unspecified atom stereocenters. The third kappa shape index (κ3) is 4.19. The van der Waals surface area contributed by atoms with Gasteiger partial charge in [-0.05, 0) is 30.1 Å². The van der Waals surface area contributed by atoms with Gasteiger partial charge < -0.3 is 0 Å². The molecule has 0 aliphatic carbocycles. The summed E-state index contributed by atoms with van der Waals surface area (Å²) in [4.78, 5) is 0. The van der Waals surface area contributed by atoms with Crippen molar-refractivity contribution in [3.8, 4) is 0 Å². The molecule has 0 N–H and O–H groups in total. The molecule has 0 aliphatic rings. The average Bonchev–Trinajstić information content (AvgIpc) is 2.25. The van der Waals surface area contributed by atoms with E-state index < -0.39 is 0 Å². The molecule has 77 valence electrons. The van der Waals surface area contributed by atoms with Crippen LogP contribution in [0.25, 0.3) is 0 Å². The van der Waals surface area contributed by atoms with Crippen LogP contribution in [0.5, 0.6) is 0 Å². The van der Waals surface area contributed by atoms with Crippen LogP contribution in [0.15, 0.2) is 30.3 Å². The number of rotatable bonds is 6. The van der Waals surface area contributed by atoms with Crippen molar-refractivity contribution in [1.29, 1.82) is 0 Å². The fraction of sp³-hybridized carbons (Fsp3) is 0.462. The van der Waals surface area contributed by atoms with Crippen LogP contribution < -0.4 is 0 Å². The summed E-state index contributed by atoms with van der Waals surface area (Å²) >= 11 is 1.70. The summed E-state index contributed by atoms with van der Waals surface area (Å²) in [5.74, 6) is 1.90. The van der Waals surface area contributed by atoms with Crippen molar-refractivity contribution >= 4 is 11.8 Å². The minimum atomic E-state index is 0.700. The van der Waals surface area contributed by atoms with Gasteiger partial charge in [-0.2, -0.15) is 11.8 Å². The summed E-state index contributed by atoms with van der Waals surface area (Å²) in [5.41, 5.74) is 1.47. The van der Waals surface area contributed by atoms with Crippen molar-refractivity contribution in [2.45, 2.75) is 32.1 Å². The smallest absolute Gasteiger partial charge is 0.00235 e. The number of thioether (sulfide) groups is 1. The van der Waals surface area contributed by atoms with E-state index in [1.54, 1.807) is 11.8 Å². The van der Waals surface area contributed by atoms with Gasteiger partial charge in [0.15, 0.2) is 0 Å². The molecule has 0 fully saturated rings. The molecule has 0 amide bonds. The van der Waals surface area contributed by atoms with E-state index in [-0.39, 0.29) is 0 Å². The predicted octanol–water partition coefficient (Wildman–Crippen LogP) is 4.49. The van der Waals surface area contributed by atoms with Crippen molar-refractivity contribution in [1.82, 2.24) is 0 Å². The van der Waals surface area contributed by atoms with E-state index >= 15 is 0 Å². The Morgan fingerprint density at radius 3 is 2.57 bits per heavy atom. The van der Waals surface area contributed by atoms with Crippen LogP contribution in [0.2, 0.25) is 0 Å². The second-order valence-corrected chi connectivity index (χ2v) is 4.53. The summed E-state index contributed by atoms with van der Waals surface area (Å²) < 4.78 is 0. The van der Waals surface area contributed by atoms with Gasteiger partial charge in [-0.25, -0.2) is 0 Å². The number of benzene rings is 1. The van der Waals surface area contributed by atoms with Crippen LogP contribution in [0.3, 0.4) is 0 Å². The third-order valence-corrected chi connectivity index (χ3v) is 3.12. The van der Waals surface area contributed by atoms with Crippen LogP contribution in [-0.4, -0.2) is 5.75 Å². The maximum absolute atomic E-state index is 3.78. The molecular weight excluding hydrogens is 188 g/mol. The lowest BCUT2D eigenvalue weighted by molar-refractivity contribution is 0.627. The molecule has 0 heterocycles. The maximum atomic E-state index is 3.78. The van der Waals surface area contributed by atoms with E-state index in [2.05, 4.69) is 43.5 Å². The summed E-state index contributed by atoms with van der Waals surface area (Å²) in [6.07, 6.45) is 7.69. The number of unbranched alkanes of at least 4 members (excludes halogenated alkanes) is 1. The highest BCUT2D eigenvalue weighted by Crippen LogP contribution is 2.21. The van der Waals surface area contributed by atoms with Gasteiger partial charge >= 0.3 is 0 Å². The molecule has 1 aromatic rings. The van der Waals surface area contributed by atoms with Crippen molar-refractivity contribution in [3.05, 3.63) is 42.2 Å². The second-order valence-electron chi connectivity index (χ2n) is 3.72. The average molecular weight is 207 g/mol. The zero-order valence-electron chi connectivity index (χ0n) is 8.91. The Morgan fingerprint density at radius 1 is 1.21 bits per heavy atom. The number of hydrogen-bond acceptors (Lipinski definition) is 1. The Hall–Kier alpha value is -0.430. The molecule has 0 spiro atoms. The van der Waals surface area contributed by atoms with Gasteiger partial charge in [0.2, 0.25) is 0 Å². The van der Waals surface area contributed by atoms with Gasteiger partial charge in [0.05, 0.1) is 0 Å². The molecule has 0 nitrogen and oxygen atoms in total. The topological polar surface area (TPSA) is 0 Å². The molecular formula is C13H19S. The molecule has 0 aliphatic heterocycles. The summed E-state index contributed by atoms with van der Waals surface area (Å²) in [6.45, 7) is 2.31. The standard InChI is InChI=1S/C13H19S/c1-12(8-6-7-11-14-2)13-9-4-3-5-10-13/h3-5,9-10,12H,2,6-8,11H2,1H3. The SMILES string of the molecule is [CH2]SCCCCC(C)c1ccccc1. The van der Waals surface area contributed by atoms with Crippen molar-refractivity contribution in [2.24, 2.45) is 0 Å². The predicted molar refractivity (Wildman–Crippen MR) is 66.5 cm³/mol.